The molecule has 3 N–H and O–H groups in total. The molecule has 0 spiro atoms. The first-order valence-electron chi connectivity index (χ1n) is 6.46. The third-order valence-corrected chi connectivity index (χ3v) is 3.39. The number of hydrogen-bond donors (Lipinski definition) is 2. The molecular formula is C14H15BrN6O2. The zero-order valence-electron chi connectivity index (χ0n) is 12.6. The normalized spacial score (nSPS) is 10.5. The van der Waals surface area contributed by atoms with Gasteiger partial charge in [0.15, 0.2) is 17.3 Å². The second kappa shape index (κ2) is 7.51. The van der Waals surface area contributed by atoms with Gasteiger partial charge in [-0.05, 0) is 40.5 Å². The number of nitrogens with two attached hydrogens (primary N) is 1. The van der Waals surface area contributed by atoms with E-state index in [0.717, 1.165) is 5.56 Å². The lowest BCUT2D eigenvalue weighted by Crippen LogP contribution is -2.13. The number of nitrogen functional groups attached to an aromatic ring is 1. The topological polar surface area (TPSA) is 99.6 Å². The van der Waals surface area contributed by atoms with Gasteiger partial charge in [-0.15, -0.1) is 16.6 Å². The van der Waals surface area contributed by atoms with Gasteiger partial charge in [0, 0.05) is 0 Å². The molecule has 0 radical (unpaired) electrons. The third-order valence-electron chi connectivity index (χ3n) is 2.80. The van der Waals surface area contributed by atoms with Crippen molar-refractivity contribution in [2.75, 3.05) is 25.0 Å². The molecule has 0 atom stereocenters. The Morgan fingerprint density at radius 1 is 1.52 bits per heavy atom. The molecule has 0 fully saturated rings. The highest BCUT2D eigenvalue weighted by molar-refractivity contribution is 9.10. The van der Waals surface area contributed by atoms with Crippen molar-refractivity contribution in [2.45, 2.75) is 6.92 Å². The second-order valence-corrected chi connectivity index (χ2v) is 5.19. The number of nitrogens with zero attached hydrogens (tertiary/aromatic N) is 4. The fourth-order valence-corrected chi connectivity index (χ4v) is 2.25. The summed E-state index contributed by atoms with van der Waals surface area (Å²) in [5.74, 6) is 10.1. The summed E-state index contributed by atoms with van der Waals surface area (Å²) in [7, 11) is 1.54. The van der Waals surface area contributed by atoms with Crippen LogP contribution >= 0.6 is 15.9 Å². The minimum atomic E-state index is 0.148. The van der Waals surface area contributed by atoms with Crippen LogP contribution < -0.4 is 20.7 Å². The monoisotopic (exact) mass is 378 g/mol. The molecule has 0 saturated carbocycles. The summed E-state index contributed by atoms with van der Waals surface area (Å²) in [5.41, 5.74) is 3.48. The predicted octanol–water partition coefficient (Wildman–Crippen LogP) is 1.53. The van der Waals surface area contributed by atoms with Crippen molar-refractivity contribution >= 4 is 28.1 Å². The first kappa shape index (κ1) is 16.6. The number of rotatable bonds is 6. The van der Waals surface area contributed by atoms with Crippen molar-refractivity contribution in [1.29, 1.82) is 0 Å². The van der Waals surface area contributed by atoms with Gasteiger partial charge in [-0.25, -0.2) is 10.1 Å². The fraction of sp³-hybridized carbons (Fsp3) is 0.214. The van der Waals surface area contributed by atoms with E-state index in [0.29, 0.717) is 27.7 Å². The average Bonchev–Trinajstić information content (AvgIpc) is 2.85. The number of methoxy groups -OCH3 is 1. The van der Waals surface area contributed by atoms with E-state index >= 15 is 0 Å². The highest BCUT2D eigenvalue weighted by Crippen LogP contribution is 2.36. The molecule has 23 heavy (non-hydrogen) atoms. The van der Waals surface area contributed by atoms with Crippen LogP contribution in [0.25, 0.3) is 0 Å². The number of benzene rings is 1. The molecule has 8 nitrogen and oxygen atoms in total. The van der Waals surface area contributed by atoms with E-state index in [1.54, 1.807) is 26.3 Å². The van der Waals surface area contributed by atoms with Crippen molar-refractivity contribution in [1.82, 2.24) is 14.9 Å². The van der Waals surface area contributed by atoms with E-state index in [1.807, 2.05) is 6.07 Å². The maximum absolute atomic E-state index is 5.71. The fourth-order valence-electron chi connectivity index (χ4n) is 1.68. The molecule has 1 aromatic carbocycles. The van der Waals surface area contributed by atoms with Crippen LogP contribution in [0.3, 0.4) is 0 Å². The maximum atomic E-state index is 5.71. The Kier molecular flexibility index (Phi) is 5.43. The third kappa shape index (κ3) is 3.92. The van der Waals surface area contributed by atoms with Crippen molar-refractivity contribution < 1.29 is 9.47 Å². The van der Waals surface area contributed by atoms with Gasteiger partial charge in [0.05, 0.1) is 17.8 Å². The number of aryl methyl sites for hydroxylation is 1. The first-order chi connectivity index (χ1) is 11.1. The van der Waals surface area contributed by atoms with Crippen molar-refractivity contribution in [3.05, 3.63) is 28.0 Å². The molecule has 0 aliphatic carbocycles. The van der Waals surface area contributed by atoms with E-state index in [9.17, 15) is 0 Å². The summed E-state index contributed by atoms with van der Waals surface area (Å²) in [4.78, 5) is 0. The number of aromatic nitrogens is 3. The summed E-state index contributed by atoms with van der Waals surface area (Å²) < 4.78 is 12.7. The van der Waals surface area contributed by atoms with Gasteiger partial charge in [0.25, 0.3) is 5.95 Å². The molecule has 0 amide bonds. The first-order valence-corrected chi connectivity index (χ1v) is 7.26. The van der Waals surface area contributed by atoms with Crippen LogP contribution in [-0.2, 0) is 0 Å². The molecule has 2 aromatic rings. The number of terminal acetylenes is 1. The molecule has 0 aliphatic rings. The smallest absolute Gasteiger partial charge is 0.263 e. The van der Waals surface area contributed by atoms with Crippen LogP contribution in [0.15, 0.2) is 21.7 Å². The largest absolute Gasteiger partial charge is 0.493 e. The van der Waals surface area contributed by atoms with Crippen molar-refractivity contribution in [3.8, 4) is 23.8 Å². The highest BCUT2D eigenvalue weighted by atomic mass is 79.9. The number of hydrazone groups is 1. The van der Waals surface area contributed by atoms with Crippen LogP contribution in [0.1, 0.15) is 11.4 Å². The minimum Gasteiger partial charge on any atom is -0.493 e. The SMILES string of the molecule is C#CCOc1c(Br)cc(/C=N/Nc2nnc(C)n2N)cc1OC. The van der Waals surface area contributed by atoms with Gasteiger partial charge in [-0.2, -0.15) is 5.10 Å². The van der Waals surface area contributed by atoms with Gasteiger partial charge in [-0.3, -0.25) is 0 Å². The van der Waals surface area contributed by atoms with E-state index < -0.39 is 0 Å². The van der Waals surface area contributed by atoms with E-state index in [-0.39, 0.29) is 6.61 Å². The number of ether oxygens (including phenoxy) is 2. The molecule has 0 aliphatic heterocycles. The minimum absolute atomic E-state index is 0.148. The lowest BCUT2D eigenvalue weighted by Gasteiger charge is -2.11. The summed E-state index contributed by atoms with van der Waals surface area (Å²) in [6.45, 7) is 1.88. The molecule has 120 valence electrons. The summed E-state index contributed by atoms with van der Waals surface area (Å²) >= 11 is 3.42. The zero-order valence-corrected chi connectivity index (χ0v) is 14.2. The molecule has 1 heterocycles. The van der Waals surface area contributed by atoms with Gasteiger partial charge >= 0.3 is 0 Å². The van der Waals surface area contributed by atoms with Crippen molar-refractivity contribution in [2.24, 2.45) is 5.10 Å². The lowest BCUT2D eigenvalue weighted by atomic mass is 10.2. The zero-order chi connectivity index (χ0) is 16.8. The van der Waals surface area contributed by atoms with Crippen LogP contribution in [0.2, 0.25) is 0 Å². The van der Waals surface area contributed by atoms with Gasteiger partial charge < -0.3 is 15.3 Å². The quantitative estimate of drug-likeness (QED) is 0.342. The molecule has 0 bridgehead atoms. The molecule has 9 heteroatoms. The van der Waals surface area contributed by atoms with Gasteiger partial charge in [0.1, 0.15) is 6.61 Å². The Hall–Kier alpha value is -2.73. The van der Waals surface area contributed by atoms with Gasteiger partial charge in [-0.1, -0.05) is 5.92 Å². The number of anilines is 1. The Morgan fingerprint density at radius 3 is 2.91 bits per heavy atom. The van der Waals surface area contributed by atoms with E-state index in [4.69, 9.17) is 21.7 Å². The number of halogens is 1. The van der Waals surface area contributed by atoms with Crippen molar-refractivity contribution in [3.63, 3.8) is 0 Å². The molecule has 2 rings (SSSR count). The molecular weight excluding hydrogens is 364 g/mol. The molecule has 0 unspecified atom stereocenters. The Bertz CT molecular complexity index is 765. The summed E-state index contributed by atoms with van der Waals surface area (Å²) in [6.07, 6.45) is 6.78. The van der Waals surface area contributed by atoms with Crippen LogP contribution in [0.5, 0.6) is 11.5 Å². The van der Waals surface area contributed by atoms with Crippen LogP contribution in [0, 0.1) is 19.3 Å². The van der Waals surface area contributed by atoms with Crippen LogP contribution in [0.4, 0.5) is 5.95 Å². The molecule has 1 aromatic heterocycles. The lowest BCUT2D eigenvalue weighted by molar-refractivity contribution is 0.329. The summed E-state index contributed by atoms with van der Waals surface area (Å²) in [5, 5.41) is 11.7. The predicted molar refractivity (Wildman–Crippen MR) is 91.1 cm³/mol. The second-order valence-electron chi connectivity index (χ2n) is 4.34. The molecule has 0 saturated heterocycles. The average molecular weight is 379 g/mol. The summed E-state index contributed by atoms with van der Waals surface area (Å²) in [6, 6.07) is 3.58. The van der Waals surface area contributed by atoms with E-state index in [1.165, 1.54) is 4.68 Å². The van der Waals surface area contributed by atoms with Gasteiger partial charge in [0.2, 0.25) is 0 Å². The standard InChI is InChI=1S/C14H15BrN6O2/c1-4-5-23-13-11(15)6-10(7-12(13)22-3)8-17-19-14-20-18-9(2)21(14)16/h1,6-8H,5,16H2,2-3H3,(H,19,20)/b17-8+. The highest BCUT2D eigenvalue weighted by Gasteiger charge is 2.11. The number of nitrogens with one attached hydrogen (secondary N) is 1. The Labute approximate surface area is 141 Å². The van der Waals surface area contributed by atoms with Crippen LogP contribution in [-0.4, -0.2) is 34.8 Å². The number of hydrogen-bond acceptors (Lipinski definition) is 7. The maximum Gasteiger partial charge on any atom is 0.263 e. The Balaban J connectivity index is 2.17. The van der Waals surface area contributed by atoms with E-state index in [2.05, 4.69) is 42.6 Å². The Morgan fingerprint density at radius 2 is 2.30 bits per heavy atom.